The summed E-state index contributed by atoms with van der Waals surface area (Å²) >= 11 is 0. The van der Waals surface area contributed by atoms with E-state index >= 15 is 0 Å². The van der Waals surface area contributed by atoms with Crippen LogP contribution in [0.25, 0.3) is 0 Å². The van der Waals surface area contributed by atoms with Gasteiger partial charge in [-0.15, -0.1) is 0 Å². The molecule has 1 N–H and O–H groups in total. The van der Waals surface area contributed by atoms with Gasteiger partial charge in [0.05, 0.1) is 17.8 Å². The molecule has 98 valence electrons. The molecule has 0 bridgehead atoms. The predicted octanol–water partition coefficient (Wildman–Crippen LogP) is 2.14. The molecule has 1 aromatic carbocycles. The molecule has 1 fully saturated rings. The van der Waals surface area contributed by atoms with Gasteiger partial charge in [0.2, 0.25) is 0 Å². The van der Waals surface area contributed by atoms with Crippen molar-refractivity contribution >= 4 is 11.7 Å². The molecule has 0 aromatic heterocycles. The Bertz CT molecular complexity index is 454. The van der Waals surface area contributed by atoms with Gasteiger partial charge in [0.1, 0.15) is 5.82 Å². The van der Waals surface area contributed by atoms with E-state index in [1.165, 1.54) is 12.1 Å². The van der Waals surface area contributed by atoms with E-state index < -0.39 is 11.8 Å². The van der Waals surface area contributed by atoms with Gasteiger partial charge in [-0.2, -0.15) is 0 Å². The molecule has 5 heteroatoms. The monoisotopic (exact) mass is 253 g/mol. The second kappa shape index (κ2) is 4.94. The first-order chi connectivity index (χ1) is 8.47. The lowest BCUT2D eigenvalue weighted by atomic mass is 10.1. The average Bonchev–Trinajstić information content (AvgIpc) is 2.26. The van der Waals surface area contributed by atoms with E-state index in [0.717, 1.165) is 0 Å². The molecule has 1 aromatic rings. The first-order valence-corrected chi connectivity index (χ1v) is 5.90. The molecular weight excluding hydrogens is 237 g/mol. The fourth-order valence-electron chi connectivity index (χ4n) is 2.26. The van der Waals surface area contributed by atoms with Crippen molar-refractivity contribution in [3.63, 3.8) is 0 Å². The summed E-state index contributed by atoms with van der Waals surface area (Å²) in [4.78, 5) is 12.7. The number of morpholine rings is 1. The summed E-state index contributed by atoms with van der Waals surface area (Å²) in [5.41, 5.74) is 0.396. The first-order valence-electron chi connectivity index (χ1n) is 5.90. The number of rotatable bonds is 2. The molecule has 0 aliphatic carbocycles. The van der Waals surface area contributed by atoms with Gasteiger partial charge in [0.15, 0.2) is 0 Å². The lowest BCUT2D eigenvalue weighted by molar-refractivity contribution is -0.00524. The number of carboxylic acids is 1. The third-order valence-electron chi connectivity index (χ3n) is 2.97. The quantitative estimate of drug-likeness (QED) is 0.877. The van der Waals surface area contributed by atoms with Crippen LogP contribution in [-0.2, 0) is 4.74 Å². The molecule has 2 unspecified atom stereocenters. The molecule has 0 saturated carbocycles. The van der Waals surface area contributed by atoms with Crippen LogP contribution >= 0.6 is 0 Å². The van der Waals surface area contributed by atoms with Crippen LogP contribution in [0.3, 0.4) is 0 Å². The van der Waals surface area contributed by atoms with Gasteiger partial charge in [-0.25, -0.2) is 9.18 Å². The van der Waals surface area contributed by atoms with Crippen molar-refractivity contribution in [2.45, 2.75) is 26.1 Å². The molecule has 18 heavy (non-hydrogen) atoms. The fraction of sp³-hybridized carbons (Fsp3) is 0.462. The summed E-state index contributed by atoms with van der Waals surface area (Å²) in [7, 11) is 0. The largest absolute Gasteiger partial charge is 0.478 e. The molecule has 0 radical (unpaired) electrons. The Balaban J connectivity index is 2.23. The number of halogens is 1. The summed E-state index contributed by atoms with van der Waals surface area (Å²) in [5.74, 6) is -1.95. The summed E-state index contributed by atoms with van der Waals surface area (Å²) in [6, 6.07) is 4.21. The number of aromatic carboxylic acids is 1. The minimum absolute atomic E-state index is 0.0796. The number of carboxylic acid groups (broad SMARTS) is 1. The Kier molecular flexibility index (Phi) is 3.52. The van der Waals surface area contributed by atoms with Crippen LogP contribution in [0, 0.1) is 5.82 Å². The summed E-state index contributed by atoms with van der Waals surface area (Å²) in [6.07, 6.45) is 0.159. The minimum Gasteiger partial charge on any atom is -0.478 e. The zero-order chi connectivity index (χ0) is 13.3. The number of ether oxygens (including phenoxy) is 1. The fourth-order valence-corrected chi connectivity index (χ4v) is 2.26. The van der Waals surface area contributed by atoms with Crippen molar-refractivity contribution in [1.29, 1.82) is 0 Å². The highest BCUT2D eigenvalue weighted by Crippen LogP contribution is 2.22. The van der Waals surface area contributed by atoms with E-state index in [1.807, 2.05) is 18.7 Å². The highest BCUT2D eigenvalue weighted by Gasteiger charge is 2.23. The lowest BCUT2D eigenvalue weighted by Gasteiger charge is -2.36. The minimum atomic E-state index is -1.25. The van der Waals surface area contributed by atoms with Gasteiger partial charge in [0, 0.05) is 18.8 Å². The second-order valence-corrected chi connectivity index (χ2v) is 4.63. The van der Waals surface area contributed by atoms with E-state index in [2.05, 4.69) is 0 Å². The van der Waals surface area contributed by atoms with Crippen molar-refractivity contribution in [3.8, 4) is 0 Å². The van der Waals surface area contributed by atoms with Crippen LogP contribution in [0.1, 0.15) is 24.2 Å². The maximum Gasteiger partial charge on any atom is 0.338 e. The van der Waals surface area contributed by atoms with Gasteiger partial charge in [0.25, 0.3) is 0 Å². The van der Waals surface area contributed by atoms with Crippen LogP contribution in [0.15, 0.2) is 18.2 Å². The molecule has 0 amide bonds. The molecular formula is C13H16FNO3. The van der Waals surface area contributed by atoms with Crippen molar-refractivity contribution in [1.82, 2.24) is 0 Å². The van der Waals surface area contributed by atoms with Crippen LogP contribution < -0.4 is 4.90 Å². The van der Waals surface area contributed by atoms with E-state index in [0.29, 0.717) is 18.8 Å². The van der Waals surface area contributed by atoms with Gasteiger partial charge in [-0.1, -0.05) is 0 Å². The standard InChI is InChI=1S/C13H16FNO3/c1-8-6-15(7-9(2)18-8)10-3-4-11(13(16)17)12(14)5-10/h3-5,8-9H,6-7H2,1-2H3,(H,16,17). The third-order valence-corrected chi connectivity index (χ3v) is 2.97. The van der Waals surface area contributed by atoms with Crippen LogP contribution in [-0.4, -0.2) is 36.4 Å². The van der Waals surface area contributed by atoms with Crippen LogP contribution in [0.2, 0.25) is 0 Å². The van der Waals surface area contributed by atoms with Gasteiger partial charge >= 0.3 is 5.97 Å². The Morgan fingerprint density at radius 3 is 2.50 bits per heavy atom. The zero-order valence-electron chi connectivity index (χ0n) is 10.4. The maximum absolute atomic E-state index is 13.6. The predicted molar refractivity (Wildman–Crippen MR) is 65.6 cm³/mol. The molecule has 1 saturated heterocycles. The van der Waals surface area contributed by atoms with Gasteiger partial charge < -0.3 is 14.7 Å². The highest BCUT2D eigenvalue weighted by molar-refractivity contribution is 5.88. The SMILES string of the molecule is CC1CN(c2ccc(C(=O)O)c(F)c2)CC(C)O1. The van der Waals surface area contributed by atoms with Crippen molar-refractivity contribution in [2.75, 3.05) is 18.0 Å². The Labute approximate surface area is 105 Å². The number of carbonyl (C=O) groups is 1. The number of hydrogen-bond donors (Lipinski definition) is 1. The van der Waals surface area contributed by atoms with Gasteiger partial charge in [-0.05, 0) is 32.0 Å². The average molecular weight is 253 g/mol. The number of nitrogens with zero attached hydrogens (tertiary/aromatic N) is 1. The summed E-state index contributed by atoms with van der Waals surface area (Å²) in [5, 5.41) is 8.78. The number of benzene rings is 1. The molecule has 1 heterocycles. The van der Waals surface area contributed by atoms with E-state index in [1.54, 1.807) is 6.07 Å². The van der Waals surface area contributed by atoms with Crippen LogP contribution in [0.4, 0.5) is 10.1 Å². The lowest BCUT2D eigenvalue weighted by Crippen LogP contribution is -2.45. The summed E-state index contributed by atoms with van der Waals surface area (Å²) < 4.78 is 19.2. The normalized spacial score (nSPS) is 24.1. The van der Waals surface area contributed by atoms with Gasteiger partial charge in [-0.3, -0.25) is 0 Å². The first kappa shape index (κ1) is 12.8. The second-order valence-electron chi connectivity index (χ2n) is 4.63. The van der Waals surface area contributed by atoms with E-state index in [9.17, 15) is 9.18 Å². The smallest absolute Gasteiger partial charge is 0.338 e. The molecule has 4 nitrogen and oxygen atoms in total. The van der Waals surface area contributed by atoms with Crippen LogP contribution in [0.5, 0.6) is 0 Å². The number of anilines is 1. The van der Waals surface area contributed by atoms with Crippen molar-refractivity contribution in [3.05, 3.63) is 29.6 Å². The molecule has 1 aliphatic heterocycles. The zero-order valence-corrected chi connectivity index (χ0v) is 10.4. The van der Waals surface area contributed by atoms with Crippen molar-refractivity contribution in [2.24, 2.45) is 0 Å². The molecule has 1 aliphatic rings. The molecule has 0 spiro atoms. The Morgan fingerprint density at radius 1 is 1.39 bits per heavy atom. The third kappa shape index (κ3) is 2.61. The van der Waals surface area contributed by atoms with Crippen molar-refractivity contribution < 1.29 is 19.0 Å². The highest BCUT2D eigenvalue weighted by atomic mass is 19.1. The Morgan fingerprint density at radius 2 is 2.00 bits per heavy atom. The summed E-state index contributed by atoms with van der Waals surface area (Å²) in [6.45, 7) is 5.28. The molecule has 2 atom stereocenters. The topological polar surface area (TPSA) is 49.8 Å². The molecule has 2 rings (SSSR count). The maximum atomic E-state index is 13.6. The number of hydrogen-bond acceptors (Lipinski definition) is 3. The Hall–Kier alpha value is -1.62. The van der Waals surface area contributed by atoms with E-state index in [-0.39, 0.29) is 17.8 Å². The van der Waals surface area contributed by atoms with E-state index in [4.69, 9.17) is 9.84 Å².